The molecule has 0 spiro atoms. The summed E-state index contributed by atoms with van der Waals surface area (Å²) >= 11 is 2.01. The molecule has 1 fully saturated rings. The van der Waals surface area contributed by atoms with E-state index in [1.165, 1.54) is 11.5 Å². The summed E-state index contributed by atoms with van der Waals surface area (Å²) in [5, 5.41) is 8.22. The van der Waals surface area contributed by atoms with Crippen molar-refractivity contribution in [3.63, 3.8) is 0 Å². The summed E-state index contributed by atoms with van der Waals surface area (Å²) in [6.07, 6.45) is 0. The summed E-state index contributed by atoms with van der Waals surface area (Å²) in [5.74, 6) is 3.43. The Kier molecular flexibility index (Phi) is 5.47. The van der Waals surface area contributed by atoms with Crippen LogP contribution in [0.5, 0.6) is 0 Å². The van der Waals surface area contributed by atoms with Gasteiger partial charge in [-0.1, -0.05) is 13.8 Å². The molecular weight excluding hydrogens is 206 g/mol. The maximum Gasteiger partial charge on any atom is 0.151 e. The van der Waals surface area contributed by atoms with Crippen LogP contribution in [0.25, 0.3) is 0 Å². The molecule has 1 aliphatic rings. The molecule has 0 bridgehead atoms. The molecule has 0 amide bonds. The predicted octanol–water partition coefficient (Wildman–Crippen LogP) is 2.36. The second-order valence-corrected chi connectivity index (χ2v) is 4.36. The van der Waals surface area contributed by atoms with Crippen LogP contribution in [0.2, 0.25) is 0 Å². The average Bonchev–Trinajstić information content (AvgIpc) is 2.34. The Labute approximate surface area is 96.3 Å². The minimum Gasteiger partial charge on any atom is -0.353 e. The molecule has 0 radical (unpaired) electrons. The van der Waals surface area contributed by atoms with Gasteiger partial charge in [-0.3, -0.25) is 0 Å². The lowest BCUT2D eigenvalue weighted by Gasteiger charge is -2.26. The Bertz CT molecular complexity index is 268. The van der Waals surface area contributed by atoms with Gasteiger partial charge in [0.25, 0.3) is 0 Å². The van der Waals surface area contributed by atoms with Gasteiger partial charge in [-0.15, -0.1) is 5.10 Å². The molecule has 0 N–H and O–H groups in total. The number of aryl methyl sites for hydroxylation is 1. The van der Waals surface area contributed by atoms with Gasteiger partial charge in [-0.05, 0) is 19.1 Å². The summed E-state index contributed by atoms with van der Waals surface area (Å²) in [5.41, 5.74) is 0.982. The molecule has 1 aromatic rings. The molecular formula is C11H19N3S. The van der Waals surface area contributed by atoms with Crippen molar-refractivity contribution in [1.82, 2.24) is 10.2 Å². The van der Waals surface area contributed by atoms with Gasteiger partial charge in [-0.2, -0.15) is 16.9 Å². The first-order chi connectivity index (χ1) is 7.36. The number of hydrogen-bond acceptors (Lipinski definition) is 4. The first-order valence-corrected chi connectivity index (χ1v) is 6.65. The van der Waals surface area contributed by atoms with E-state index in [1.807, 2.05) is 38.6 Å². The number of aromatic nitrogens is 2. The molecule has 1 aromatic heterocycles. The maximum atomic E-state index is 4.17. The van der Waals surface area contributed by atoms with E-state index in [2.05, 4.69) is 21.2 Å². The summed E-state index contributed by atoms with van der Waals surface area (Å²) < 4.78 is 0. The molecule has 0 atom stereocenters. The summed E-state index contributed by atoms with van der Waals surface area (Å²) in [7, 11) is 0. The Balaban J connectivity index is 0.000000531. The Hall–Kier alpha value is -0.770. The number of anilines is 1. The minimum absolute atomic E-state index is 0.982. The highest BCUT2D eigenvalue weighted by molar-refractivity contribution is 7.99. The summed E-state index contributed by atoms with van der Waals surface area (Å²) in [6.45, 7) is 8.16. The fourth-order valence-electron chi connectivity index (χ4n) is 1.35. The lowest BCUT2D eigenvalue weighted by molar-refractivity contribution is 0.813. The Morgan fingerprint density at radius 3 is 2.33 bits per heavy atom. The van der Waals surface area contributed by atoms with Crippen LogP contribution in [0.15, 0.2) is 12.1 Å². The topological polar surface area (TPSA) is 29.0 Å². The summed E-state index contributed by atoms with van der Waals surface area (Å²) in [6, 6.07) is 4.07. The van der Waals surface area contributed by atoms with Crippen molar-refractivity contribution in [3.05, 3.63) is 17.8 Å². The van der Waals surface area contributed by atoms with E-state index in [1.54, 1.807) is 0 Å². The molecule has 3 nitrogen and oxygen atoms in total. The van der Waals surface area contributed by atoms with E-state index in [4.69, 9.17) is 0 Å². The van der Waals surface area contributed by atoms with Gasteiger partial charge < -0.3 is 4.90 Å². The molecule has 0 aromatic carbocycles. The fraction of sp³-hybridized carbons (Fsp3) is 0.636. The molecule has 2 rings (SSSR count). The van der Waals surface area contributed by atoms with Gasteiger partial charge in [0.15, 0.2) is 5.82 Å². The highest BCUT2D eigenvalue weighted by atomic mass is 32.2. The average molecular weight is 225 g/mol. The van der Waals surface area contributed by atoms with Crippen molar-refractivity contribution in [3.8, 4) is 0 Å². The predicted molar refractivity (Wildman–Crippen MR) is 67.7 cm³/mol. The maximum absolute atomic E-state index is 4.17. The van der Waals surface area contributed by atoms with Crippen molar-refractivity contribution >= 4 is 17.6 Å². The summed E-state index contributed by atoms with van der Waals surface area (Å²) in [4.78, 5) is 2.29. The van der Waals surface area contributed by atoms with Crippen molar-refractivity contribution in [2.24, 2.45) is 0 Å². The van der Waals surface area contributed by atoms with Gasteiger partial charge in [0.1, 0.15) is 0 Å². The highest BCUT2D eigenvalue weighted by Crippen LogP contribution is 2.15. The third kappa shape index (κ3) is 3.70. The monoisotopic (exact) mass is 225 g/mol. The van der Waals surface area contributed by atoms with Crippen molar-refractivity contribution in [2.45, 2.75) is 20.8 Å². The van der Waals surface area contributed by atoms with E-state index in [0.29, 0.717) is 0 Å². The molecule has 15 heavy (non-hydrogen) atoms. The Morgan fingerprint density at radius 1 is 1.13 bits per heavy atom. The molecule has 84 valence electrons. The van der Waals surface area contributed by atoms with Gasteiger partial charge in [0.2, 0.25) is 0 Å². The van der Waals surface area contributed by atoms with Crippen LogP contribution in [0.3, 0.4) is 0 Å². The van der Waals surface area contributed by atoms with Crippen LogP contribution in [0, 0.1) is 6.92 Å². The van der Waals surface area contributed by atoms with Gasteiger partial charge in [-0.25, -0.2) is 0 Å². The lowest BCUT2D eigenvalue weighted by atomic mass is 10.4. The second-order valence-electron chi connectivity index (χ2n) is 3.13. The van der Waals surface area contributed by atoms with Crippen LogP contribution < -0.4 is 4.90 Å². The minimum atomic E-state index is 0.982. The quantitative estimate of drug-likeness (QED) is 0.733. The standard InChI is InChI=1S/C9H13N3S.C2H6/c1-8-2-3-9(11-10-8)12-4-6-13-7-5-12;1-2/h2-3H,4-7H2,1H3;1-2H3. The zero-order chi connectivity index (χ0) is 11.1. The molecule has 0 aliphatic carbocycles. The van der Waals surface area contributed by atoms with Crippen LogP contribution in [-0.2, 0) is 0 Å². The molecule has 0 unspecified atom stereocenters. The molecule has 2 heterocycles. The smallest absolute Gasteiger partial charge is 0.151 e. The highest BCUT2D eigenvalue weighted by Gasteiger charge is 2.11. The SMILES string of the molecule is CC.Cc1ccc(N2CCSCC2)nn1. The van der Waals surface area contributed by atoms with Crippen LogP contribution >= 0.6 is 11.8 Å². The van der Waals surface area contributed by atoms with E-state index >= 15 is 0 Å². The number of nitrogens with zero attached hydrogens (tertiary/aromatic N) is 3. The van der Waals surface area contributed by atoms with Crippen molar-refractivity contribution < 1.29 is 0 Å². The van der Waals surface area contributed by atoms with Crippen molar-refractivity contribution in [2.75, 3.05) is 29.5 Å². The number of hydrogen-bond donors (Lipinski definition) is 0. The van der Waals surface area contributed by atoms with Gasteiger partial charge in [0.05, 0.1) is 5.69 Å². The first-order valence-electron chi connectivity index (χ1n) is 5.49. The first kappa shape index (κ1) is 12.3. The van der Waals surface area contributed by atoms with Gasteiger partial charge in [0, 0.05) is 24.6 Å². The molecule has 4 heteroatoms. The molecule has 1 saturated heterocycles. The number of rotatable bonds is 1. The number of thioether (sulfide) groups is 1. The third-order valence-corrected chi connectivity index (χ3v) is 3.06. The zero-order valence-corrected chi connectivity index (χ0v) is 10.5. The van der Waals surface area contributed by atoms with Crippen LogP contribution in [0.4, 0.5) is 5.82 Å². The normalized spacial score (nSPS) is 15.5. The third-order valence-electron chi connectivity index (χ3n) is 2.12. The van der Waals surface area contributed by atoms with Gasteiger partial charge >= 0.3 is 0 Å². The van der Waals surface area contributed by atoms with Crippen LogP contribution in [-0.4, -0.2) is 34.8 Å². The van der Waals surface area contributed by atoms with Crippen LogP contribution in [0.1, 0.15) is 19.5 Å². The molecule has 1 aliphatic heterocycles. The largest absolute Gasteiger partial charge is 0.353 e. The van der Waals surface area contributed by atoms with E-state index < -0.39 is 0 Å². The molecule has 0 saturated carbocycles. The fourth-order valence-corrected chi connectivity index (χ4v) is 2.26. The van der Waals surface area contributed by atoms with E-state index in [0.717, 1.165) is 24.6 Å². The van der Waals surface area contributed by atoms with Crippen molar-refractivity contribution in [1.29, 1.82) is 0 Å². The lowest BCUT2D eigenvalue weighted by Crippen LogP contribution is -2.33. The second kappa shape index (κ2) is 6.67. The zero-order valence-electron chi connectivity index (χ0n) is 9.73. The van der Waals surface area contributed by atoms with E-state index in [9.17, 15) is 0 Å². The Morgan fingerprint density at radius 2 is 1.80 bits per heavy atom. The van der Waals surface area contributed by atoms with E-state index in [-0.39, 0.29) is 0 Å².